The van der Waals surface area contributed by atoms with Crippen molar-refractivity contribution in [3.8, 4) is 0 Å². The van der Waals surface area contributed by atoms with Crippen LogP contribution in [0.3, 0.4) is 0 Å². The van der Waals surface area contributed by atoms with E-state index in [2.05, 4.69) is 24.5 Å². The first-order valence-corrected chi connectivity index (χ1v) is 7.17. The molecule has 0 bridgehead atoms. The molecule has 0 spiro atoms. The topological polar surface area (TPSA) is 50.4 Å². The van der Waals surface area contributed by atoms with Crippen molar-refractivity contribution in [2.45, 2.75) is 58.1 Å². The van der Waals surface area contributed by atoms with Crippen molar-refractivity contribution in [2.24, 2.45) is 5.41 Å². The molecule has 4 heteroatoms. The molecule has 104 valence electrons. The highest BCUT2D eigenvalue weighted by atomic mass is 16.5. The van der Waals surface area contributed by atoms with Gasteiger partial charge in [-0.15, -0.1) is 0 Å². The van der Waals surface area contributed by atoms with Crippen LogP contribution in [0.2, 0.25) is 0 Å². The summed E-state index contributed by atoms with van der Waals surface area (Å²) in [4.78, 5) is 11.9. The fourth-order valence-corrected chi connectivity index (χ4v) is 2.79. The summed E-state index contributed by atoms with van der Waals surface area (Å²) in [5, 5.41) is 6.41. The Balaban J connectivity index is 1.68. The molecule has 0 aromatic heterocycles. The van der Waals surface area contributed by atoms with E-state index >= 15 is 0 Å². The Bertz CT molecular complexity index is 276. The second-order valence-corrected chi connectivity index (χ2v) is 6.41. The third-order valence-corrected chi connectivity index (χ3v) is 4.12. The minimum atomic E-state index is 0.0544. The van der Waals surface area contributed by atoms with Crippen LogP contribution in [0, 0.1) is 5.41 Å². The maximum absolute atomic E-state index is 11.9. The smallest absolute Gasteiger partial charge is 0.222 e. The van der Waals surface area contributed by atoms with Crippen molar-refractivity contribution in [3.05, 3.63) is 0 Å². The third-order valence-electron chi connectivity index (χ3n) is 4.12. The lowest BCUT2D eigenvalue weighted by atomic mass is 9.75. The van der Waals surface area contributed by atoms with E-state index in [0.717, 1.165) is 32.5 Å². The first-order valence-electron chi connectivity index (χ1n) is 7.17. The molecule has 18 heavy (non-hydrogen) atoms. The van der Waals surface area contributed by atoms with E-state index in [9.17, 15) is 4.79 Å². The third kappa shape index (κ3) is 4.25. The first kappa shape index (κ1) is 13.8. The lowest BCUT2D eigenvalue weighted by Gasteiger charge is -2.35. The quantitative estimate of drug-likeness (QED) is 0.801. The minimum absolute atomic E-state index is 0.0544. The maximum Gasteiger partial charge on any atom is 0.222 e. The van der Waals surface area contributed by atoms with Crippen molar-refractivity contribution in [2.75, 3.05) is 19.7 Å². The highest BCUT2D eigenvalue weighted by Crippen LogP contribution is 2.34. The summed E-state index contributed by atoms with van der Waals surface area (Å²) in [5.74, 6) is 0.147. The summed E-state index contributed by atoms with van der Waals surface area (Å²) in [5.41, 5.74) is 0.456. The van der Waals surface area contributed by atoms with Gasteiger partial charge in [0.2, 0.25) is 5.91 Å². The fraction of sp³-hybridized carbons (Fsp3) is 0.929. The van der Waals surface area contributed by atoms with Gasteiger partial charge in [0.15, 0.2) is 0 Å². The molecular formula is C14H26N2O2. The largest absolute Gasteiger partial charge is 0.375 e. The van der Waals surface area contributed by atoms with Crippen molar-refractivity contribution in [1.82, 2.24) is 10.6 Å². The lowest BCUT2D eigenvalue weighted by Crippen LogP contribution is -2.44. The molecule has 2 N–H and O–H groups in total. The second-order valence-electron chi connectivity index (χ2n) is 6.41. The molecule has 1 saturated carbocycles. The molecule has 1 aliphatic heterocycles. The normalized spacial score (nSPS) is 28.9. The summed E-state index contributed by atoms with van der Waals surface area (Å²) >= 11 is 0. The molecule has 1 unspecified atom stereocenters. The number of morpholine rings is 1. The zero-order valence-electron chi connectivity index (χ0n) is 11.6. The summed E-state index contributed by atoms with van der Waals surface area (Å²) in [6.07, 6.45) is 5.19. The van der Waals surface area contributed by atoms with Crippen LogP contribution in [0.25, 0.3) is 0 Å². The van der Waals surface area contributed by atoms with Gasteiger partial charge in [0.05, 0.1) is 19.1 Å². The zero-order valence-corrected chi connectivity index (χ0v) is 11.6. The van der Waals surface area contributed by atoms with Gasteiger partial charge in [-0.2, -0.15) is 0 Å². The van der Waals surface area contributed by atoms with Gasteiger partial charge in [-0.1, -0.05) is 13.8 Å². The van der Waals surface area contributed by atoms with Crippen LogP contribution >= 0.6 is 0 Å². The van der Waals surface area contributed by atoms with E-state index in [1.54, 1.807) is 0 Å². The van der Waals surface area contributed by atoms with E-state index in [0.29, 0.717) is 17.9 Å². The van der Waals surface area contributed by atoms with Gasteiger partial charge in [0.1, 0.15) is 0 Å². The van der Waals surface area contributed by atoms with E-state index in [-0.39, 0.29) is 12.0 Å². The minimum Gasteiger partial charge on any atom is -0.375 e. The molecule has 0 radical (unpaired) electrons. The number of nitrogens with one attached hydrogen (secondary N) is 2. The van der Waals surface area contributed by atoms with E-state index in [1.165, 1.54) is 12.8 Å². The first-order chi connectivity index (χ1) is 8.55. The number of hydrogen-bond acceptors (Lipinski definition) is 3. The molecule has 4 nitrogen and oxygen atoms in total. The van der Waals surface area contributed by atoms with Crippen molar-refractivity contribution >= 4 is 5.91 Å². The number of amides is 1. The number of ether oxygens (including phenoxy) is 1. The summed E-state index contributed by atoms with van der Waals surface area (Å²) in [6.45, 7) is 7.04. The highest BCUT2D eigenvalue weighted by molar-refractivity contribution is 5.76. The summed E-state index contributed by atoms with van der Waals surface area (Å²) in [6, 6.07) is 0.377. The molecule has 1 atom stereocenters. The van der Waals surface area contributed by atoms with Crippen LogP contribution in [-0.4, -0.2) is 37.7 Å². The van der Waals surface area contributed by atoms with Crippen LogP contribution in [0.1, 0.15) is 46.0 Å². The monoisotopic (exact) mass is 254 g/mol. The Morgan fingerprint density at radius 2 is 2.11 bits per heavy atom. The van der Waals surface area contributed by atoms with Crippen LogP contribution < -0.4 is 10.6 Å². The molecular weight excluding hydrogens is 228 g/mol. The molecule has 2 aliphatic rings. The highest BCUT2D eigenvalue weighted by Gasteiger charge is 2.28. The zero-order chi connectivity index (χ0) is 13.0. The Morgan fingerprint density at radius 1 is 1.39 bits per heavy atom. The van der Waals surface area contributed by atoms with Crippen LogP contribution in [-0.2, 0) is 9.53 Å². The molecule has 0 aromatic rings. The molecule has 1 saturated heterocycles. The molecule has 1 aliphatic carbocycles. The molecule has 0 aromatic carbocycles. The van der Waals surface area contributed by atoms with Crippen molar-refractivity contribution in [1.29, 1.82) is 0 Å². The van der Waals surface area contributed by atoms with E-state index in [4.69, 9.17) is 4.74 Å². The number of carbonyl (C=O) groups excluding carboxylic acids is 1. The van der Waals surface area contributed by atoms with Crippen LogP contribution in [0.15, 0.2) is 0 Å². The van der Waals surface area contributed by atoms with Crippen LogP contribution in [0.5, 0.6) is 0 Å². The Hall–Kier alpha value is -0.610. The number of hydrogen-bond donors (Lipinski definition) is 2. The van der Waals surface area contributed by atoms with Crippen molar-refractivity contribution in [3.63, 3.8) is 0 Å². The van der Waals surface area contributed by atoms with Crippen LogP contribution in [0.4, 0.5) is 0 Å². The fourth-order valence-electron chi connectivity index (χ4n) is 2.79. The van der Waals surface area contributed by atoms with E-state index in [1.807, 2.05) is 0 Å². The van der Waals surface area contributed by atoms with Gasteiger partial charge in [-0.05, 0) is 31.1 Å². The molecule has 1 heterocycles. The predicted octanol–water partition coefficient (Wildman–Crippen LogP) is 1.45. The molecule has 2 fully saturated rings. The Kier molecular flexibility index (Phi) is 4.62. The van der Waals surface area contributed by atoms with Gasteiger partial charge < -0.3 is 15.4 Å². The Labute approximate surface area is 110 Å². The van der Waals surface area contributed by atoms with Gasteiger partial charge >= 0.3 is 0 Å². The van der Waals surface area contributed by atoms with E-state index < -0.39 is 0 Å². The number of carbonyl (C=O) groups is 1. The standard InChI is InChI=1S/C14H26N2O2/c1-14(2)5-3-11(4-6-14)16-13(17)9-12-10-15-7-8-18-12/h11-12,15H,3-10H2,1-2H3,(H,16,17). The average Bonchev–Trinajstić information content (AvgIpc) is 2.33. The average molecular weight is 254 g/mol. The lowest BCUT2D eigenvalue weighted by molar-refractivity contribution is -0.125. The Morgan fingerprint density at radius 3 is 2.72 bits per heavy atom. The second kappa shape index (κ2) is 6.02. The maximum atomic E-state index is 11.9. The van der Waals surface area contributed by atoms with Gasteiger partial charge in [0.25, 0.3) is 0 Å². The molecule has 2 rings (SSSR count). The van der Waals surface area contributed by atoms with Gasteiger partial charge in [-0.25, -0.2) is 0 Å². The molecule has 1 amide bonds. The summed E-state index contributed by atoms with van der Waals surface area (Å²) in [7, 11) is 0. The van der Waals surface area contributed by atoms with Crippen molar-refractivity contribution < 1.29 is 9.53 Å². The van der Waals surface area contributed by atoms with Gasteiger partial charge in [0, 0.05) is 19.1 Å². The predicted molar refractivity (Wildman–Crippen MR) is 71.4 cm³/mol. The SMILES string of the molecule is CC1(C)CCC(NC(=O)CC2CNCCO2)CC1. The number of rotatable bonds is 3. The summed E-state index contributed by atoms with van der Waals surface area (Å²) < 4.78 is 5.55. The van der Waals surface area contributed by atoms with Gasteiger partial charge in [-0.3, -0.25) is 4.79 Å².